The summed E-state index contributed by atoms with van der Waals surface area (Å²) in [6, 6.07) is 8.53. The van der Waals surface area contributed by atoms with E-state index < -0.39 is 0 Å². The van der Waals surface area contributed by atoms with Crippen molar-refractivity contribution in [3.63, 3.8) is 0 Å². The Morgan fingerprint density at radius 3 is 2.20 bits per heavy atom. The maximum atomic E-state index is 11.2. The van der Waals surface area contributed by atoms with Crippen LogP contribution >= 0.6 is 0 Å². The van der Waals surface area contributed by atoms with Gasteiger partial charge in [0.2, 0.25) is 0 Å². The molecule has 0 spiro atoms. The molecule has 0 aromatic heterocycles. The van der Waals surface area contributed by atoms with Crippen LogP contribution in [0.1, 0.15) is 70.9 Å². The van der Waals surface area contributed by atoms with Gasteiger partial charge in [-0.3, -0.25) is 4.79 Å². The molecule has 1 atom stereocenters. The molecule has 0 N–H and O–H groups in total. The maximum absolute atomic E-state index is 11.2. The third-order valence-corrected chi connectivity index (χ3v) is 5.91. The zero-order valence-corrected chi connectivity index (χ0v) is 16.1. The van der Waals surface area contributed by atoms with Gasteiger partial charge in [0, 0.05) is 6.42 Å². The molecule has 1 aliphatic carbocycles. The normalized spacial score (nSPS) is 24.9. The Labute approximate surface area is 151 Å². The molecule has 0 amide bonds. The average molecular weight is 340 g/mol. The molecule has 25 heavy (non-hydrogen) atoms. The van der Waals surface area contributed by atoms with Crippen molar-refractivity contribution in [2.75, 3.05) is 0 Å². The van der Waals surface area contributed by atoms with Gasteiger partial charge in [0.15, 0.2) is 0 Å². The van der Waals surface area contributed by atoms with E-state index in [2.05, 4.69) is 58.0 Å². The molecular formula is C21H29BO3. The zero-order valence-electron chi connectivity index (χ0n) is 16.1. The largest absolute Gasteiger partial charge is 0.490 e. The molecule has 2 aliphatic rings. The summed E-state index contributed by atoms with van der Waals surface area (Å²) in [4.78, 5) is 11.2. The van der Waals surface area contributed by atoms with Crippen LogP contribution in [-0.4, -0.2) is 24.1 Å². The van der Waals surface area contributed by atoms with Crippen molar-refractivity contribution in [2.45, 2.75) is 77.4 Å². The van der Waals surface area contributed by atoms with Crippen LogP contribution in [-0.2, 0) is 20.5 Å². The van der Waals surface area contributed by atoms with Gasteiger partial charge in [-0.15, -0.1) is 0 Å². The quantitative estimate of drug-likeness (QED) is 0.749. The molecule has 1 aromatic rings. The number of hydrogen-bond acceptors (Lipinski definition) is 3. The second-order valence-electron chi connectivity index (χ2n) is 8.46. The van der Waals surface area contributed by atoms with Gasteiger partial charge in [-0.1, -0.05) is 30.3 Å². The number of rotatable bonds is 4. The fourth-order valence-electron chi connectivity index (χ4n) is 3.56. The van der Waals surface area contributed by atoms with Crippen molar-refractivity contribution in [3.05, 3.63) is 46.9 Å². The number of carbonyl (C=O) groups is 1. The molecule has 1 aliphatic heterocycles. The van der Waals surface area contributed by atoms with Crippen LogP contribution in [0.15, 0.2) is 35.8 Å². The van der Waals surface area contributed by atoms with Crippen molar-refractivity contribution < 1.29 is 14.1 Å². The second kappa shape index (κ2) is 6.73. The minimum atomic E-state index is -0.276. The molecule has 3 rings (SSSR count). The molecule has 0 radical (unpaired) electrons. The van der Waals surface area contributed by atoms with Crippen LogP contribution in [0.3, 0.4) is 0 Å². The number of allylic oxidation sites excluding steroid dienone is 2. The smallest absolute Gasteiger partial charge is 0.400 e. The predicted octanol–water partition coefficient (Wildman–Crippen LogP) is 4.64. The van der Waals surface area contributed by atoms with Gasteiger partial charge in [-0.25, -0.2) is 0 Å². The third kappa shape index (κ3) is 3.90. The maximum Gasteiger partial charge on any atom is 0.490 e. The SMILES string of the molecule is CC(=O)Cc1ccc(C2CC=C(B3OC(C)(C)C(C)(C)O3)CC2)cc1. The third-order valence-electron chi connectivity index (χ3n) is 5.91. The first kappa shape index (κ1) is 18.4. The van der Waals surface area contributed by atoms with Gasteiger partial charge in [0.25, 0.3) is 0 Å². The predicted molar refractivity (Wildman–Crippen MR) is 102 cm³/mol. The first-order chi connectivity index (χ1) is 11.7. The minimum absolute atomic E-state index is 0.205. The van der Waals surface area contributed by atoms with E-state index in [1.165, 1.54) is 11.0 Å². The molecule has 0 saturated carbocycles. The van der Waals surface area contributed by atoms with Crippen molar-refractivity contribution in [1.29, 1.82) is 0 Å². The van der Waals surface area contributed by atoms with Gasteiger partial charge < -0.3 is 9.31 Å². The Hall–Kier alpha value is -1.39. The van der Waals surface area contributed by atoms with Gasteiger partial charge in [0.05, 0.1) is 11.2 Å². The lowest BCUT2D eigenvalue weighted by Gasteiger charge is -2.32. The number of carbonyl (C=O) groups excluding carboxylic acids is 1. The van der Waals surface area contributed by atoms with Crippen LogP contribution in [0.25, 0.3) is 0 Å². The number of benzene rings is 1. The van der Waals surface area contributed by atoms with Crippen LogP contribution in [0, 0.1) is 0 Å². The lowest BCUT2D eigenvalue weighted by molar-refractivity contribution is -0.116. The van der Waals surface area contributed by atoms with Crippen molar-refractivity contribution >= 4 is 12.9 Å². The van der Waals surface area contributed by atoms with Gasteiger partial charge in [-0.05, 0) is 76.4 Å². The van der Waals surface area contributed by atoms with Crippen molar-refractivity contribution in [3.8, 4) is 0 Å². The average Bonchev–Trinajstić information content (AvgIpc) is 2.76. The molecule has 4 heteroatoms. The molecule has 3 nitrogen and oxygen atoms in total. The van der Waals surface area contributed by atoms with E-state index >= 15 is 0 Å². The molecule has 1 saturated heterocycles. The lowest BCUT2D eigenvalue weighted by atomic mass is 9.69. The van der Waals surface area contributed by atoms with E-state index in [1.54, 1.807) is 6.92 Å². The van der Waals surface area contributed by atoms with E-state index in [0.717, 1.165) is 24.8 Å². The van der Waals surface area contributed by atoms with Gasteiger partial charge in [0.1, 0.15) is 5.78 Å². The first-order valence-electron chi connectivity index (χ1n) is 9.31. The second-order valence-corrected chi connectivity index (χ2v) is 8.46. The topological polar surface area (TPSA) is 35.5 Å². The fourth-order valence-corrected chi connectivity index (χ4v) is 3.56. The first-order valence-corrected chi connectivity index (χ1v) is 9.31. The van der Waals surface area contributed by atoms with Crippen molar-refractivity contribution in [2.24, 2.45) is 0 Å². The van der Waals surface area contributed by atoms with E-state index in [0.29, 0.717) is 12.3 Å². The molecular weight excluding hydrogens is 311 g/mol. The highest BCUT2D eigenvalue weighted by Crippen LogP contribution is 2.41. The Kier molecular flexibility index (Phi) is 4.96. The van der Waals surface area contributed by atoms with Crippen molar-refractivity contribution in [1.82, 2.24) is 0 Å². The standard InChI is InChI=1S/C21H29BO3/c1-15(23)14-16-6-8-17(9-7-16)18-10-12-19(13-11-18)22-24-20(2,3)21(4,5)25-22/h6-9,12,18H,10-11,13-14H2,1-5H3. The Morgan fingerprint density at radius 1 is 1.12 bits per heavy atom. The lowest BCUT2D eigenvalue weighted by Crippen LogP contribution is -2.41. The number of Topliss-reactive ketones (excluding diaryl/α,β-unsaturated/α-hetero) is 1. The summed E-state index contributed by atoms with van der Waals surface area (Å²) in [7, 11) is -0.205. The van der Waals surface area contributed by atoms with E-state index in [9.17, 15) is 4.79 Å². The molecule has 1 unspecified atom stereocenters. The summed E-state index contributed by atoms with van der Waals surface area (Å²) in [5, 5.41) is 0. The van der Waals surface area contributed by atoms with Gasteiger partial charge in [-0.2, -0.15) is 0 Å². The molecule has 0 bridgehead atoms. The summed E-state index contributed by atoms with van der Waals surface area (Å²) >= 11 is 0. The Balaban J connectivity index is 1.64. The van der Waals surface area contributed by atoms with E-state index in [1.807, 2.05) is 0 Å². The molecule has 1 aromatic carbocycles. The molecule has 134 valence electrons. The van der Waals surface area contributed by atoms with Crippen LogP contribution in [0.4, 0.5) is 0 Å². The summed E-state index contributed by atoms with van der Waals surface area (Å²) in [6.45, 7) is 10.0. The van der Waals surface area contributed by atoms with Crippen LogP contribution < -0.4 is 0 Å². The van der Waals surface area contributed by atoms with Gasteiger partial charge >= 0.3 is 7.12 Å². The van der Waals surface area contributed by atoms with Crippen LogP contribution in [0.2, 0.25) is 0 Å². The molecule has 1 fully saturated rings. The highest BCUT2D eigenvalue weighted by molar-refractivity contribution is 6.54. The summed E-state index contributed by atoms with van der Waals surface area (Å²) < 4.78 is 12.3. The van der Waals surface area contributed by atoms with Crippen LogP contribution in [0.5, 0.6) is 0 Å². The number of ketones is 1. The monoisotopic (exact) mass is 340 g/mol. The number of hydrogen-bond donors (Lipinski definition) is 0. The Bertz CT molecular complexity index is 657. The van der Waals surface area contributed by atoms with E-state index in [-0.39, 0.29) is 24.1 Å². The fraction of sp³-hybridized carbons (Fsp3) is 0.571. The summed E-state index contributed by atoms with van der Waals surface area (Å²) in [6.07, 6.45) is 5.97. The summed E-state index contributed by atoms with van der Waals surface area (Å²) in [5.41, 5.74) is 3.18. The highest BCUT2D eigenvalue weighted by atomic mass is 16.7. The highest BCUT2D eigenvalue weighted by Gasteiger charge is 2.52. The van der Waals surface area contributed by atoms with E-state index in [4.69, 9.17) is 9.31 Å². The Morgan fingerprint density at radius 2 is 1.72 bits per heavy atom. The zero-order chi connectivity index (χ0) is 18.2. The minimum Gasteiger partial charge on any atom is -0.400 e. The molecule has 1 heterocycles. The summed E-state index contributed by atoms with van der Waals surface area (Å²) in [5.74, 6) is 0.748.